The molecule has 0 bridgehead atoms. The minimum atomic E-state index is -0.850. The molecule has 5 nitrogen and oxygen atoms in total. The van der Waals surface area contributed by atoms with Crippen molar-refractivity contribution < 1.29 is 14.3 Å². The van der Waals surface area contributed by atoms with Crippen molar-refractivity contribution in [1.29, 1.82) is 0 Å². The molecule has 1 unspecified atom stereocenters. The van der Waals surface area contributed by atoms with Crippen LogP contribution in [0.5, 0.6) is 0 Å². The summed E-state index contributed by atoms with van der Waals surface area (Å²) in [6.45, 7) is 6.46. The average molecular weight is 314 g/mol. The van der Waals surface area contributed by atoms with Crippen LogP contribution < -0.4 is 5.73 Å². The Hall–Kier alpha value is -1.17. The molecule has 1 fully saturated rings. The highest BCUT2D eigenvalue weighted by molar-refractivity contribution is 7.80. The zero-order valence-corrected chi connectivity index (χ0v) is 14.0. The van der Waals surface area contributed by atoms with Crippen LogP contribution in [0.1, 0.15) is 52.9 Å². The van der Waals surface area contributed by atoms with E-state index < -0.39 is 11.5 Å². The van der Waals surface area contributed by atoms with E-state index >= 15 is 0 Å². The van der Waals surface area contributed by atoms with Crippen molar-refractivity contribution in [2.24, 2.45) is 11.1 Å². The second kappa shape index (κ2) is 7.73. The zero-order chi connectivity index (χ0) is 16.0. The molecule has 0 saturated carbocycles. The van der Waals surface area contributed by atoms with E-state index in [9.17, 15) is 9.59 Å². The minimum absolute atomic E-state index is 0.127. The van der Waals surface area contributed by atoms with Crippen LogP contribution in [-0.4, -0.2) is 41.0 Å². The maximum atomic E-state index is 13.0. The lowest BCUT2D eigenvalue weighted by molar-refractivity contribution is -0.159. The molecule has 1 heterocycles. The van der Waals surface area contributed by atoms with E-state index in [1.54, 1.807) is 11.8 Å². The van der Waals surface area contributed by atoms with Crippen LogP contribution in [0.4, 0.5) is 0 Å². The number of hydrogen-bond donors (Lipinski definition) is 1. The number of likely N-dealkylation sites (tertiary alicyclic amines) is 1. The van der Waals surface area contributed by atoms with Crippen molar-refractivity contribution in [3.05, 3.63) is 0 Å². The van der Waals surface area contributed by atoms with Gasteiger partial charge in [-0.2, -0.15) is 0 Å². The van der Waals surface area contributed by atoms with Crippen LogP contribution in [0.3, 0.4) is 0 Å². The number of hydrogen-bond acceptors (Lipinski definition) is 4. The fourth-order valence-corrected chi connectivity index (χ4v) is 3.32. The van der Waals surface area contributed by atoms with E-state index in [0.717, 1.165) is 12.8 Å². The smallest absolute Gasteiger partial charge is 0.328 e. The van der Waals surface area contributed by atoms with Crippen LogP contribution in [0.15, 0.2) is 0 Å². The van der Waals surface area contributed by atoms with Crippen LogP contribution >= 0.6 is 12.2 Å². The summed E-state index contributed by atoms with van der Waals surface area (Å²) in [5.41, 5.74) is 5.00. The van der Waals surface area contributed by atoms with Gasteiger partial charge in [0.1, 0.15) is 6.04 Å². The van der Waals surface area contributed by atoms with Gasteiger partial charge in [-0.1, -0.05) is 26.1 Å². The molecule has 1 atom stereocenters. The molecule has 0 radical (unpaired) electrons. The largest absolute Gasteiger partial charge is 0.464 e. The Morgan fingerprint density at radius 1 is 1.29 bits per heavy atom. The van der Waals surface area contributed by atoms with Gasteiger partial charge in [0.15, 0.2) is 0 Å². The minimum Gasteiger partial charge on any atom is -0.464 e. The summed E-state index contributed by atoms with van der Waals surface area (Å²) in [5.74, 6) is -0.452. The Bertz CT molecular complexity index is 408. The third-order valence-corrected chi connectivity index (χ3v) is 4.80. The zero-order valence-electron chi connectivity index (χ0n) is 13.2. The first-order chi connectivity index (χ1) is 9.94. The van der Waals surface area contributed by atoms with E-state index in [1.165, 1.54) is 0 Å². The first kappa shape index (κ1) is 17.9. The lowest BCUT2D eigenvalue weighted by Crippen LogP contribution is -2.56. The van der Waals surface area contributed by atoms with Gasteiger partial charge in [0.2, 0.25) is 5.91 Å². The van der Waals surface area contributed by atoms with Crippen LogP contribution in [0.2, 0.25) is 0 Å². The topological polar surface area (TPSA) is 72.6 Å². The number of amides is 1. The number of ether oxygens (including phenoxy) is 1. The molecule has 1 amide bonds. The summed E-state index contributed by atoms with van der Waals surface area (Å²) in [5, 5.41) is 0. The summed E-state index contributed by atoms with van der Waals surface area (Å²) in [7, 11) is 0. The van der Waals surface area contributed by atoms with E-state index in [-0.39, 0.29) is 16.9 Å². The summed E-state index contributed by atoms with van der Waals surface area (Å²) in [6.07, 6.45) is 3.55. The first-order valence-corrected chi connectivity index (χ1v) is 8.13. The predicted octanol–water partition coefficient (Wildman–Crippen LogP) is 2.02. The van der Waals surface area contributed by atoms with Gasteiger partial charge in [0.05, 0.1) is 17.0 Å². The van der Waals surface area contributed by atoms with E-state index in [4.69, 9.17) is 22.7 Å². The third kappa shape index (κ3) is 3.54. The highest BCUT2D eigenvalue weighted by Crippen LogP contribution is 2.32. The standard InChI is InChI=1S/C15H26N2O3S/c1-4-15(5-2,13(16)21)14(19)17-10-8-7-9-11(17)12(18)20-6-3/h11H,4-10H2,1-3H3,(H2,16,21). The molecule has 0 aromatic heterocycles. The lowest BCUT2D eigenvalue weighted by atomic mass is 9.79. The van der Waals surface area contributed by atoms with E-state index in [1.807, 2.05) is 13.8 Å². The molecule has 120 valence electrons. The van der Waals surface area contributed by atoms with Gasteiger partial charge < -0.3 is 15.4 Å². The highest BCUT2D eigenvalue weighted by atomic mass is 32.1. The number of piperidine rings is 1. The predicted molar refractivity (Wildman–Crippen MR) is 85.8 cm³/mol. The van der Waals surface area contributed by atoms with Gasteiger partial charge in [0, 0.05) is 6.54 Å². The van der Waals surface area contributed by atoms with Crippen molar-refractivity contribution in [1.82, 2.24) is 4.90 Å². The van der Waals surface area contributed by atoms with Crippen LogP contribution in [-0.2, 0) is 14.3 Å². The SMILES string of the molecule is CCOC(=O)C1CCCCN1C(=O)C(CC)(CC)C(N)=S. The number of nitrogens with two attached hydrogens (primary N) is 1. The quantitative estimate of drug-likeness (QED) is 0.600. The molecule has 0 aromatic rings. The average Bonchev–Trinajstić information content (AvgIpc) is 2.48. The molecule has 0 aliphatic carbocycles. The molecule has 6 heteroatoms. The third-order valence-electron chi connectivity index (χ3n) is 4.41. The van der Waals surface area contributed by atoms with Crippen molar-refractivity contribution in [3.63, 3.8) is 0 Å². The molecule has 0 spiro atoms. The van der Waals surface area contributed by atoms with Gasteiger partial charge in [-0.05, 0) is 39.0 Å². The Balaban J connectivity index is 3.05. The van der Waals surface area contributed by atoms with E-state index in [0.29, 0.717) is 32.4 Å². The Morgan fingerprint density at radius 2 is 1.90 bits per heavy atom. The number of rotatable bonds is 6. The van der Waals surface area contributed by atoms with E-state index in [2.05, 4.69) is 0 Å². The van der Waals surface area contributed by atoms with Crippen molar-refractivity contribution in [2.75, 3.05) is 13.2 Å². The summed E-state index contributed by atoms with van der Waals surface area (Å²) < 4.78 is 5.11. The second-order valence-corrected chi connectivity index (χ2v) is 5.86. The van der Waals surface area contributed by atoms with Gasteiger partial charge in [0.25, 0.3) is 0 Å². The molecule has 21 heavy (non-hydrogen) atoms. The first-order valence-electron chi connectivity index (χ1n) is 7.72. The molecule has 1 aliphatic rings. The summed E-state index contributed by atoms with van der Waals surface area (Å²) in [6, 6.07) is -0.502. The Morgan fingerprint density at radius 3 is 2.38 bits per heavy atom. The maximum Gasteiger partial charge on any atom is 0.328 e. The molecule has 1 aliphatic heterocycles. The normalized spacial score (nSPS) is 19.2. The van der Waals surface area contributed by atoms with Crippen LogP contribution in [0, 0.1) is 5.41 Å². The molecule has 1 saturated heterocycles. The molecule has 0 aromatic carbocycles. The number of thiocarbonyl (C=S) groups is 1. The van der Waals surface area contributed by atoms with Gasteiger partial charge in [-0.25, -0.2) is 4.79 Å². The van der Waals surface area contributed by atoms with Crippen molar-refractivity contribution in [3.8, 4) is 0 Å². The monoisotopic (exact) mass is 314 g/mol. The molecular formula is C15H26N2O3S. The number of esters is 1. The van der Waals surface area contributed by atoms with Gasteiger partial charge in [-0.15, -0.1) is 0 Å². The van der Waals surface area contributed by atoms with Crippen molar-refractivity contribution in [2.45, 2.75) is 58.9 Å². The van der Waals surface area contributed by atoms with Crippen molar-refractivity contribution >= 4 is 29.1 Å². The van der Waals surface area contributed by atoms with Crippen LogP contribution in [0.25, 0.3) is 0 Å². The lowest BCUT2D eigenvalue weighted by Gasteiger charge is -2.40. The molecule has 2 N–H and O–H groups in total. The number of carbonyl (C=O) groups excluding carboxylic acids is 2. The Kier molecular flexibility index (Phi) is 6.58. The number of carbonyl (C=O) groups is 2. The summed E-state index contributed by atoms with van der Waals surface area (Å²) in [4.78, 5) is 26.9. The van der Waals surface area contributed by atoms with Gasteiger partial charge in [-0.3, -0.25) is 4.79 Å². The van der Waals surface area contributed by atoms with Gasteiger partial charge >= 0.3 is 5.97 Å². The summed E-state index contributed by atoms with van der Waals surface area (Å²) >= 11 is 5.14. The Labute approximate surface area is 132 Å². The molecular weight excluding hydrogens is 288 g/mol. The fourth-order valence-electron chi connectivity index (χ4n) is 2.94. The fraction of sp³-hybridized carbons (Fsp3) is 0.800. The molecule has 1 rings (SSSR count). The highest BCUT2D eigenvalue weighted by Gasteiger charge is 2.45. The maximum absolute atomic E-state index is 13.0. The second-order valence-electron chi connectivity index (χ2n) is 5.42. The number of nitrogens with zero attached hydrogens (tertiary/aromatic N) is 1.